The number of rotatable bonds is 19. The standard InChI is InChI=1S/C33H45NO10/c1-3-41-18-6-11-28(36)25-9-4-8-24(20-25)23-13-15-27(16-14-23)43-21-26(35)10-5-17-34-29(37)12-7-19-42-33-32(40)31(39)30(38)22(2)44-33/h4,8-9,13-16,20,22,30-33,38-40H,3,5-7,10-12,17-19,21H2,1-2H3,(H,34,37)/t22-,30-,31?,32-,33?/m0/s1. The number of carbonyl (C=O) groups is 3. The van der Waals surface area contributed by atoms with Crippen molar-refractivity contribution in [2.45, 2.75) is 83.1 Å². The molecule has 44 heavy (non-hydrogen) atoms. The van der Waals surface area contributed by atoms with Crippen molar-refractivity contribution in [2.24, 2.45) is 0 Å². The smallest absolute Gasteiger partial charge is 0.220 e. The van der Waals surface area contributed by atoms with E-state index in [9.17, 15) is 29.7 Å². The van der Waals surface area contributed by atoms with Crippen molar-refractivity contribution in [1.82, 2.24) is 5.32 Å². The van der Waals surface area contributed by atoms with Crippen LogP contribution < -0.4 is 10.1 Å². The second-order valence-corrected chi connectivity index (χ2v) is 10.8. The van der Waals surface area contributed by atoms with Crippen LogP contribution in [-0.2, 0) is 23.8 Å². The fourth-order valence-corrected chi connectivity index (χ4v) is 4.66. The number of aliphatic hydroxyl groups excluding tert-OH is 3. The molecule has 11 heteroatoms. The Morgan fingerprint density at radius 3 is 2.36 bits per heavy atom. The second kappa shape index (κ2) is 18.6. The molecule has 0 bridgehead atoms. The molecule has 242 valence electrons. The van der Waals surface area contributed by atoms with Gasteiger partial charge in [0.15, 0.2) is 17.9 Å². The van der Waals surface area contributed by atoms with Crippen LogP contribution in [0, 0.1) is 0 Å². The summed E-state index contributed by atoms with van der Waals surface area (Å²) in [6, 6.07) is 14.9. The number of Topliss-reactive ketones (excluding diaryl/α,β-unsaturated/α-hetero) is 2. The number of aliphatic hydroxyl groups is 3. The molecule has 1 saturated heterocycles. The van der Waals surface area contributed by atoms with Crippen LogP contribution in [-0.4, -0.2) is 96.5 Å². The third-order valence-corrected chi connectivity index (χ3v) is 7.26. The average molecular weight is 616 g/mol. The predicted molar refractivity (Wildman–Crippen MR) is 162 cm³/mol. The maximum Gasteiger partial charge on any atom is 0.220 e. The number of hydrogen-bond donors (Lipinski definition) is 4. The van der Waals surface area contributed by atoms with E-state index in [4.69, 9.17) is 18.9 Å². The van der Waals surface area contributed by atoms with E-state index in [1.54, 1.807) is 19.1 Å². The molecule has 2 aromatic rings. The Morgan fingerprint density at radius 2 is 1.61 bits per heavy atom. The fraction of sp³-hybridized carbons (Fsp3) is 0.545. The second-order valence-electron chi connectivity index (χ2n) is 10.8. The lowest BCUT2D eigenvalue weighted by Gasteiger charge is -2.38. The SMILES string of the molecule is CCOCCCC(=O)c1cccc(-c2ccc(OCC(=O)CCCNC(=O)CCCOC3O[C@@H](C)[C@H](O)C(O)[C@@H]3O)cc2)c1. The van der Waals surface area contributed by atoms with Crippen LogP contribution in [0.2, 0.25) is 0 Å². The van der Waals surface area contributed by atoms with Gasteiger partial charge in [0.1, 0.15) is 30.7 Å². The van der Waals surface area contributed by atoms with Gasteiger partial charge in [-0.1, -0.05) is 30.3 Å². The van der Waals surface area contributed by atoms with Gasteiger partial charge in [0.25, 0.3) is 0 Å². The third-order valence-electron chi connectivity index (χ3n) is 7.26. The first-order chi connectivity index (χ1) is 21.2. The van der Waals surface area contributed by atoms with Gasteiger partial charge in [-0.05, 0) is 62.4 Å². The first-order valence-corrected chi connectivity index (χ1v) is 15.2. The minimum absolute atomic E-state index is 0.0736. The first-order valence-electron chi connectivity index (χ1n) is 15.2. The highest BCUT2D eigenvalue weighted by Crippen LogP contribution is 2.24. The van der Waals surface area contributed by atoms with Gasteiger partial charge in [-0.2, -0.15) is 0 Å². The topological polar surface area (TPSA) is 161 Å². The van der Waals surface area contributed by atoms with E-state index in [-0.39, 0.29) is 43.5 Å². The fourth-order valence-electron chi connectivity index (χ4n) is 4.66. The molecule has 1 aliphatic rings. The zero-order valence-electron chi connectivity index (χ0n) is 25.5. The van der Waals surface area contributed by atoms with Gasteiger partial charge in [-0.15, -0.1) is 0 Å². The molecule has 5 atom stereocenters. The lowest BCUT2D eigenvalue weighted by Crippen LogP contribution is -2.57. The van der Waals surface area contributed by atoms with Crippen molar-refractivity contribution in [3.63, 3.8) is 0 Å². The molecule has 4 N–H and O–H groups in total. The third kappa shape index (κ3) is 11.4. The number of amides is 1. The Balaban J connectivity index is 1.28. The molecule has 1 amide bonds. The molecule has 1 aliphatic heterocycles. The van der Waals surface area contributed by atoms with Crippen molar-refractivity contribution in [1.29, 1.82) is 0 Å². The Hall–Kier alpha value is -3.19. The predicted octanol–water partition coefficient (Wildman–Crippen LogP) is 2.82. The van der Waals surface area contributed by atoms with E-state index in [2.05, 4.69) is 5.32 Å². The van der Waals surface area contributed by atoms with Gasteiger partial charge in [-0.3, -0.25) is 14.4 Å². The van der Waals surface area contributed by atoms with Crippen molar-refractivity contribution < 1.29 is 48.7 Å². The normalized spacial score (nSPS) is 21.5. The number of ether oxygens (including phenoxy) is 4. The van der Waals surface area contributed by atoms with E-state index >= 15 is 0 Å². The molecular weight excluding hydrogens is 570 g/mol. The maximum atomic E-state index is 12.5. The van der Waals surface area contributed by atoms with Gasteiger partial charge in [0, 0.05) is 44.6 Å². The Kier molecular flexibility index (Phi) is 14.9. The first kappa shape index (κ1) is 35.3. The molecule has 1 fully saturated rings. The minimum Gasteiger partial charge on any atom is -0.486 e. The summed E-state index contributed by atoms with van der Waals surface area (Å²) in [5, 5.41) is 32.2. The summed E-state index contributed by atoms with van der Waals surface area (Å²) in [5.74, 6) is 0.371. The maximum absolute atomic E-state index is 12.5. The molecule has 0 spiro atoms. The lowest BCUT2D eigenvalue weighted by molar-refractivity contribution is -0.293. The molecule has 0 saturated carbocycles. The molecule has 0 aromatic heterocycles. The van der Waals surface area contributed by atoms with Gasteiger partial charge in [0.2, 0.25) is 5.91 Å². The Labute approximate surface area is 258 Å². The average Bonchev–Trinajstić information content (AvgIpc) is 3.04. The molecule has 2 unspecified atom stereocenters. The Morgan fingerprint density at radius 1 is 0.864 bits per heavy atom. The number of ketones is 2. The summed E-state index contributed by atoms with van der Waals surface area (Å²) in [7, 11) is 0. The van der Waals surface area contributed by atoms with Crippen LogP contribution in [0.3, 0.4) is 0 Å². The molecule has 0 aliphatic carbocycles. The number of benzene rings is 2. The van der Waals surface area contributed by atoms with Crippen LogP contribution in [0.25, 0.3) is 11.1 Å². The van der Waals surface area contributed by atoms with E-state index in [1.807, 2.05) is 43.3 Å². The number of carbonyl (C=O) groups excluding carboxylic acids is 3. The Bertz CT molecular complexity index is 1190. The van der Waals surface area contributed by atoms with Crippen LogP contribution in [0.1, 0.15) is 62.7 Å². The molecule has 1 heterocycles. The highest BCUT2D eigenvalue weighted by molar-refractivity contribution is 5.97. The molecule has 3 rings (SSSR count). The largest absolute Gasteiger partial charge is 0.486 e. The van der Waals surface area contributed by atoms with Gasteiger partial charge in [0.05, 0.1) is 12.7 Å². The summed E-state index contributed by atoms with van der Waals surface area (Å²) in [4.78, 5) is 36.8. The van der Waals surface area contributed by atoms with E-state index in [0.29, 0.717) is 56.8 Å². The monoisotopic (exact) mass is 615 g/mol. The lowest BCUT2D eigenvalue weighted by atomic mass is 9.99. The zero-order chi connectivity index (χ0) is 31.9. The van der Waals surface area contributed by atoms with Crippen LogP contribution in [0.15, 0.2) is 48.5 Å². The molecular formula is C33H45NO10. The molecule has 2 aromatic carbocycles. The van der Waals surface area contributed by atoms with Crippen molar-refractivity contribution in [2.75, 3.05) is 33.0 Å². The van der Waals surface area contributed by atoms with E-state index in [1.165, 1.54) is 0 Å². The van der Waals surface area contributed by atoms with E-state index < -0.39 is 30.7 Å². The quantitative estimate of drug-likeness (QED) is 0.137. The van der Waals surface area contributed by atoms with Crippen molar-refractivity contribution >= 4 is 17.5 Å². The van der Waals surface area contributed by atoms with Crippen LogP contribution >= 0.6 is 0 Å². The van der Waals surface area contributed by atoms with Crippen molar-refractivity contribution in [3.05, 3.63) is 54.1 Å². The summed E-state index contributed by atoms with van der Waals surface area (Å²) < 4.78 is 21.7. The van der Waals surface area contributed by atoms with Crippen LogP contribution in [0.4, 0.5) is 0 Å². The van der Waals surface area contributed by atoms with Gasteiger partial charge in [-0.25, -0.2) is 0 Å². The van der Waals surface area contributed by atoms with Crippen LogP contribution in [0.5, 0.6) is 5.75 Å². The van der Waals surface area contributed by atoms with E-state index in [0.717, 1.165) is 11.1 Å². The highest BCUT2D eigenvalue weighted by Gasteiger charge is 2.42. The summed E-state index contributed by atoms with van der Waals surface area (Å²) in [6.45, 7) is 5.12. The van der Waals surface area contributed by atoms with Gasteiger partial charge < -0.3 is 39.6 Å². The molecule has 11 nitrogen and oxygen atoms in total. The molecule has 0 radical (unpaired) electrons. The number of nitrogens with one attached hydrogen (secondary N) is 1. The summed E-state index contributed by atoms with van der Waals surface area (Å²) >= 11 is 0. The zero-order valence-corrected chi connectivity index (χ0v) is 25.5. The summed E-state index contributed by atoms with van der Waals surface area (Å²) in [6.07, 6.45) is -3.28. The highest BCUT2D eigenvalue weighted by atomic mass is 16.7. The minimum atomic E-state index is -1.38. The van der Waals surface area contributed by atoms with Crippen molar-refractivity contribution in [3.8, 4) is 16.9 Å². The van der Waals surface area contributed by atoms with Gasteiger partial charge >= 0.3 is 0 Å². The summed E-state index contributed by atoms with van der Waals surface area (Å²) in [5.41, 5.74) is 2.52. The number of hydrogen-bond acceptors (Lipinski definition) is 10.